The van der Waals surface area contributed by atoms with Crippen LogP contribution < -0.4 is 5.73 Å². The third kappa shape index (κ3) is 3.08. The molecule has 1 heterocycles. The van der Waals surface area contributed by atoms with Gasteiger partial charge in [0.2, 0.25) is 0 Å². The van der Waals surface area contributed by atoms with Gasteiger partial charge in [0.05, 0.1) is 5.02 Å². The minimum absolute atomic E-state index is 0.124. The van der Waals surface area contributed by atoms with E-state index in [1.807, 2.05) is 12.1 Å². The van der Waals surface area contributed by atoms with Crippen LogP contribution in [-0.2, 0) is 6.42 Å². The predicted octanol–water partition coefficient (Wildman–Crippen LogP) is 4.53. The van der Waals surface area contributed by atoms with Gasteiger partial charge >= 0.3 is 0 Å². The van der Waals surface area contributed by atoms with Crippen LogP contribution >= 0.6 is 23.2 Å². The molecule has 4 heteroatoms. The molecule has 2 N–H and O–H groups in total. The first-order valence-corrected chi connectivity index (χ1v) is 6.65. The molecule has 0 spiro atoms. The lowest BCUT2D eigenvalue weighted by Crippen LogP contribution is -2.20. The van der Waals surface area contributed by atoms with Gasteiger partial charge in [0.25, 0.3) is 0 Å². The fourth-order valence-electron chi connectivity index (χ4n) is 1.72. The largest absolute Gasteiger partial charge is 0.461 e. The zero-order chi connectivity index (χ0) is 13.1. The number of rotatable bonds is 4. The van der Waals surface area contributed by atoms with Crippen molar-refractivity contribution in [3.05, 3.63) is 46.1 Å². The summed E-state index contributed by atoms with van der Waals surface area (Å²) in [4.78, 5) is 0. The second kappa shape index (κ2) is 5.79. The summed E-state index contributed by atoms with van der Waals surface area (Å²) in [5.74, 6) is 1.59. The van der Waals surface area contributed by atoms with Gasteiger partial charge in [0.15, 0.2) is 0 Å². The zero-order valence-corrected chi connectivity index (χ0v) is 11.6. The molecule has 0 aliphatic heterocycles. The summed E-state index contributed by atoms with van der Waals surface area (Å²) >= 11 is 12.1. The third-order valence-corrected chi connectivity index (χ3v) is 3.41. The number of benzene rings is 1. The highest BCUT2D eigenvalue weighted by molar-refractivity contribution is 6.35. The SMILES string of the molecule is CCC(N)Cc1ccc(-c2cc(Cl)ccc2Cl)o1. The van der Waals surface area contributed by atoms with Crippen LogP contribution in [-0.4, -0.2) is 6.04 Å². The number of halogens is 2. The maximum absolute atomic E-state index is 6.13. The molecule has 2 aromatic rings. The fourth-order valence-corrected chi connectivity index (χ4v) is 2.10. The van der Waals surface area contributed by atoms with Crippen molar-refractivity contribution in [3.8, 4) is 11.3 Å². The normalized spacial score (nSPS) is 12.7. The van der Waals surface area contributed by atoms with E-state index >= 15 is 0 Å². The molecule has 0 bridgehead atoms. The summed E-state index contributed by atoms with van der Waals surface area (Å²) in [5.41, 5.74) is 6.71. The van der Waals surface area contributed by atoms with Crippen molar-refractivity contribution in [2.45, 2.75) is 25.8 Å². The van der Waals surface area contributed by atoms with Crippen LogP contribution in [0.25, 0.3) is 11.3 Å². The first-order chi connectivity index (χ1) is 8.60. The molecule has 0 aliphatic carbocycles. The van der Waals surface area contributed by atoms with Gasteiger partial charge in [0, 0.05) is 23.0 Å². The molecule has 1 aromatic carbocycles. The summed E-state index contributed by atoms with van der Waals surface area (Å²) in [6.07, 6.45) is 1.66. The summed E-state index contributed by atoms with van der Waals surface area (Å²) in [6.45, 7) is 2.06. The predicted molar refractivity (Wildman–Crippen MR) is 76.1 cm³/mol. The van der Waals surface area contributed by atoms with Gasteiger partial charge in [0.1, 0.15) is 11.5 Å². The Morgan fingerprint density at radius 2 is 2.00 bits per heavy atom. The standard InChI is InChI=1S/C14H15Cl2NO/c1-2-10(17)8-11-4-6-14(18-11)12-7-9(15)3-5-13(12)16/h3-7,10H,2,8,17H2,1H3. The molecule has 18 heavy (non-hydrogen) atoms. The third-order valence-electron chi connectivity index (χ3n) is 2.84. The van der Waals surface area contributed by atoms with Gasteiger partial charge in [-0.25, -0.2) is 0 Å². The van der Waals surface area contributed by atoms with Gasteiger partial charge in [-0.3, -0.25) is 0 Å². The monoisotopic (exact) mass is 283 g/mol. The van der Waals surface area contributed by atoms with E-state index in [1.54, 1.807) is 18.2 Å². The molecule has 0 aliphatic rings. The number of hydrogen-bond donors (Lipinski definition) is 1. The van der Waals surface area contributed by atoms with E-state index in [0.29, 0.717) is 10.0 Å². The van der Waals surface area contributed by atoms with E-state index in [0.717, 1.165) is 29.9 Å². The Kier molecular flexibility index (Phi) is 4.33. The minimum atomic E-state index is 0.124. The Hall–Kier alpha value is -0.960. The molecule has 0 saturated heterocycles. The van der Waals surface area contributed by atoms with Crippen molar-refractivity contribution in [2.24, 2.45) is 5.73 Å². The highest BCUT2D eigenvalue weighted by atomic mass is 35.5. The van der Waals surface area contributed by atoms with Crippen molar-refractivity contribution in [2.75, 3.05) is 0 Å². The second-order valence-electron chi connectivity index (χ2n) is 4.26. The Morgan fingerprint density at radius 1 is 1.22 bits per heavy atom. The molecule has 96 valence electrons. The zero-order valence-electron chi connectivity index (χ0n) is 10.1. The Morgan fingerprint density at radius 3 is 2.72 bits per heavy atom. The summed E-state index contributed by atoms with van der Waals surface area (Å²) < 4.78 is 5.75. The van der Waals surface area contributed by atoms with Crippen LogP contribution in [0, 0.1) is 0 Å². The number of furan rings is 1. The smallest absolute Gasteiger partial charge is 0.135 e. The molecular formula is C14H15Cl2NO. The average Bonchev–Trinajstić information content (AvgIpc) is 2.80. The first kappa shape index (κ1) is 13.5. The van der Waals surface area contributed by atoms with Crippen molar-refractivity contribution in [1.82, 2.24) is 0 Å². The van der Waals surface area contributed by atoms with Crippen molar-refractivity contribution in [1.29, 1.82) is 0 Å². The lowest BCUT2D eigenvalue weighted by Gasteiger charge is -2.05. The highest BCUT2D eigenvalue weighted by Crippen LogP contribution is 2.31. The Balaban J connectivity index is 2.26. The maximum atomic E-state index is 6.13. The van der Waals surface area contributed by atoms with E-state index in [2.05, 4.69) is 6.92 Å². The van der Waals surface area contributed by atoms with Gasteiger partial charge in [-0.05, 0) is 36.8 Å². The molecule has 0 amide bonds. The fraction of sp³-hybridized carbons (Fsp3) is 0.286. The molecule has 0 saturated carbocycles. The molecular weight excluding hydrogens is 269 g/mol. The summed E-state index contributed by atoms with van der Waals surface area (Å²) in [5, 5.41) is 1.26. The van der Waals surface area contributed by atoms with Crippen LogP contribution in [0.1, 0.15) is 19.1 Å². The van der Waals surface area contributed by atoms with Crippen LogP contribution in [0.15, 0.2) is 34.7 Å². The summed E-state index contributed by atoms with van der Waals surface area (Å²) in [6, 6.07) is 9.27. The molecule has 2 rings (SSSR count). The van der Waals surface area contributed by atoms with Crippen molar-refractivity contribution < 1.29 is 4.42 Å². The average molecular weight is 284 g/mol. The van der Waals surface area contributed by atoms with Crippen LogP contribution in [0.4, 0.5) is 0 Å². The van der Waals surface area contributed by atoms with Crippen molar-refractivity contribution in [3.63, 3.8) is 0 Å². The number of nitrogens with two attached hydrogens (primary N) is 1. The van der Waals surface area contributed by atoms with Gasteiger partial charge in [-0.2, -0.15) is 0 Å². The van der Waals surface area contributed by atoms with E-state index < -0.39 is 0 Å². The van der Waals surface area contributed by atoms with Crippen LogP contribution in [0.3, 0.4) is 0 Å². The highest BCUT2D eigenvalue weighted by Gasteiger charge is 2.11. The van der Waals surface area contributed by atoms with E-state index in [1.165, 1.54) is 0 Å². The lowest BCUT2D eigenvalue weighted by atomic mass is 10.1. The molecule has 1 unspecified atom stereocenters. The van der Waals surface area contributed by atoms with Gasteiger partial charge in [-0.1, -0.05) is 30.1 Å². The lowest BCUT2D eigenvalue weighted by molar-refractivity contribution is 0.490. The van der Waals surface area contributed by atoms with Crippen molar-refractivity contribution >= 4 is 23.2 Å². The molecule has 1 atom stereocenters. The topological polar surface area (TPSA) is 39.2 Å². The molecule has 1 aromatic heterocycles. The summed E-state index contributed by atoms with van der Waals surface area (Å²) in [7, 11) is 0. The first-order valence-electron chi connectivity index (χ1n) is 5.90. The Labute approximate surface area is 117 Å². The van der Waals surface area contributed by atoms with E-state index in [9.17, 15) is 0 Å². The maximum Gasteiger partial charge on any atom is 0.135 e. The van der Waals surface area contributed by atoms with Gasteiger partial charge in [-0.15, -0.1) is 0 Å². The minimum Gasteiger partial charge on any atom is -0.461 e. The van der Waals surface area contributed by atoms with Crippen LogP contribution in [0.2, 0.25) is 10.0 Å². The van der Waals surface area contributed by atoms with Crippen LogP contribution in [0.5, 0.6) is 0 Å². The molecule has 0 radical (unpaired) electrons. The second-order valence-corrected chi connectivity index (χ2v) is 5.11. The van der Waals surface area contributed by atoms with Gasteiger partial charge < -0.3 is 10.2 Å². The van der Waals surface area contributed by atoms with E-state index in [-0.39, 0.29) is 6.04 Å². The molecule has 2 nitrogen and oxygen atoms in total. The molecule has 0 fully saturated rings. The quantitative estimate of drug-likeness (QED) is 0.895. The number of hydrogen-bond acceptors (Lipinski definition) is 2. The Bertz CT molecular complexity index is 536. The van der Waals surface area contributed by atoms with E-state index in [4.69, 9.17) is 33.4 Å².